The molecule has 3 aromatic rings. The lowest BCUT2D eigenvalue weighted by molar-refractivity contribution is 0.284. The van der Waals surface area contributed by atoms with Crippen LogP contribution in [0.5, 0.6) is 0 Å². The van der Waals surface area contributed by atoms with E-state index in [2.05, 4.69) is 70.5 Å². The molecule has 3 heteroatoms. The molecular weight excluding hydrogens is 359 g/mol. The van der Waals surface area contributed by atoms with E-state index in [-0.39, 0.29) is 5.82 Å². The van der Waals surface area contributed by atoms with Crippen LogP contribution in [0.3, 0.4) is 0 Å². The van der Waals surface area contributed by atoms with Crippen molar-refractivity contribution >= 4 is 11.8 Å². The minimum absolute atomic E-state index is 0.181. The van der Waals surface area contributed by atoms with Crippen LogP contribution in [-0.2, 0) is 6.42 Å². The first-order valence-electron chi connectivity index (χ1n) is 10.3. The number of rotatable bonds is 6. The van der Waals surface area contributed by atoms with Crippen molar-refractivity contribution in [3.8, 4) is 0 Å². The summed E-state index contributed by atoms with van der Waals surface area (Å²) >= 11 is 0. The molecule has 29 heavy (non-hydrogen) atoms. The molecule has 2 nitrogen and oxygen atoms in total. The van der Waals surface area contributed by atoms with Crippen LogP contribution in [0.25, 0.3) is 6.08 Å². The first-order valence-corrected chi connectivity index (χ1v) is 10.3. The van der Waals surface area contributed by atoms with E-state index in [9.17, 15) is 4.39 Å². The van der Waals surface area contributed by atoms with E-state index in [1.54, 1.807) is 12.1 Å². The second-order valence-corrected chi connectivity index (χ2v) is 7.53. The van der Waals surface area contributed by atoms with Crippen molar-refractivity contribution in [2.75, 3.05) is 37.6 Å². The van der Waals surface area contributed by atoms with Gasteiger partial charge in [0, 0.05) is 38.4 Å². The van der Waals surface area contributed by atoms with E-state index in [0.717, 1.165) is 44.7 Å². The van der Waals surface area contributed by atoms with E-state index in [4.69, 9.17) is 0 Å². The van der Waals surface area contributed by atoms with Crippen molar-refractivity contribution in [1.29, 1.82) is 0 Å². The van der Waals surface area contributed by atoms with Gasteiger partial charge < -0.3 is 4.90 Å². The summed E-state index contributed by atoms with van der Waals surface area (Å²) in [6.45, 7) is 5.16. The van der Waals surface area contributed by atoms with Gasteiger partial charge in [0.1, 0.15) is 5.82 Å². The van der Waals surface area contributed by atoms with Gasteiger partial charge >= 0.3 is 0 Å². The van der Waals surface area contributed by atoms with E-state index < -0.39 is 0 Å². The molecule has 0 aliphatic carbocycles. The quantitative estimate of drug-likeness (QED) is 0.571. The minimum atomic E-state index is -0.181. The molecule has 148 valence electrons. The van der Waals surface area contributed by atoms with E-state index in [1.165, 1.54) is 16.8 Å². The Bertz CT molecular complexity index is 926. The maximum absolute atomic E-state index is 13.2. The summed E-state index contributed by atoms with van der Waals surface area (Å²) in [6.07, 6.45) is 5.29. The molecule has 0 bridgehead atoms. The Hall–Kier alpha value is -2.91. The number of benzene rings is 3. The number of hydrogen-bond acceptors (Lipinski definition) is 2. The lowest BCUT2D eigenvalue weighted by Crippen LogP contribution is -2.46. The van der Waals surface area contributed by atoms with E-state index >= 15 is 0 Å². The molecule has 0 unspecified atom stereocenters. The summed E-state index contributed by atoms with van der Waals surface area (Å²) in [5, 5.41) is 0. The van der Waals surface area contributed by atoms with Gasteiger partial charge in [-0.15, -0.1) is 0 Å². The molecule has 0 radical (unpaired) electrons. The summed E-state index contributed by atoms with van der Waals surface area (Å²) in [7, 11) is 0. The van der Waals surface area contributed by atoms with Gasteiger partial charge in [0.15, 0.2) is 0 Å². The highest BCUT2D eigenvalue weighted by Gasteiger charge is 2.18. The van der Waals surface area contributed by atoms with E-state index in [0.29, 0.717) is 0 Å². The van der Waals surface area contributed by atoms with Crippen LogP contribution in [0.2, 0.25) is 0 Å². The number of nitrogens with zero attached hydrogens (tertiary/aromatic N) is 2. The highest BCUT2D eigenvalue weighted by Crippen LogP contribution is 2.24. The summed E-state index contributed by atoms with van der Waals surface area (Å²) in [5.41, 5.74) is 5.00. The van der Waals surface area contributed by atoms with Gasteiger partial charge in [-0.25, -0.2) is 4.39 Å². The molecule has 1 aliphatic rings. The molecule has 0 N–H and O–H groups in total. The van der Waals surface area contributed by atoms with E-state index in [1.807, 2.05) is 18.2 Å². The Morgan fingerprint density at radius 3 is 2.21 bits per heavy atom. The Morgan fingerprint density at radius 1 is 0.759 bits per heavy atom. The van der Waals surface area contributed by atoms with Crippen molar-refractivity contribution in [3.05, 3.63) is 107 Å². The average Bonchev–Trinajstić information content (AvgIpc) is 2.77. The predicted octanol–water partition coefficient (Wildman–Crippen LogP) is 5.25. The monoisotopic (exact) mass is 386 g/mol. The normalized spacial score (nSPS) is 15.1. The lowest BCUT2D eigenvalue weighted by atomic mass is 10.0. The Kier molecular flexibility index (Phi) is 6.38. The largest absolute Gasteiger partial charge is 0.369 e. The third kappa shape index (κ3) is 5.33. The molecule has 1 fully saturated rings. The fourth-order valence-corrected chi connectivity index (χ4v) is 3.86. The van der Waals surface area contributed by atoms with Crippen molar-refractivity contribution in [2.24, 2.45) is 0 Å². The SMILES string of the molecule is Fc1ccc(Cc2ccccc2N2CCN(CC=Cc3ccccc3)CC2)cc1. The molecule has 0 spiro atoms. The zero-order valence-corrected chi connectivity index (χ0v) is 16.7. The topological polar surface area (TPSA) is 6.48 Å². The molecule has 3 aromatic carbocycles. The molecule has 0 amide bonds. The lowest BCUT2D eigenvalue weighted by Gasteiger charge is -2.36. The van der Waals surface area contributed by atoms with Gasteiger partial charge in [0.2, 0.25) is 0 Å². The van der Waals surface area contributed by atoms with Crippen LogP contribution < -0.4 is 4.90 Å². The van der Waals surface area contributed by atoms with Gasteiger partial charge in [0.25, 0.3) is 0 Å². The number of para-hydroxylation sites is 1. The molecule has 0 saturated carbocycles. The smallest absolute Gasteiger partial charge is 0.123 e. The fraction of sp³-hybridized carbons (Fsp3) is 0.231. The highest BCUT2D eigenvalue weighted by atomic mass is 19.1. The molecule has 1 heterocycles. The third-order valence-electron chi connectivity index (χ3n) is 5.49. The van der Waals surface area contributed by atoms with Crippen LogP contribution >= 0.6 is 0 Å². The highest BCUT2D eigenvalue weighted by molar-refractivity contribution is 5.55. The first kappa shape index (κ1) is 19.4. The van der Waals surface area contributed by atoms with Gasteiger partial charge in [0.05, 0.1) is 0 Å². The van der Waals surface area contributed by atoms with Crippen molar-refractivity contribution in [1.82, 2.24) is 4.90 Å². The second kappa shape index (κ2) is 9.53. The number of hydrogen-bond donors (Lipinski definition) is 0. The van der Waals surface area contributed by atoms with Crippen LogP contribution in [-0.4, -0.2) is 37.6 Å². The third-order valence-corrected chi connectivity index (χ3v) is 5.49. The van der Waals surface area contributed by atoms with Gasteiger partial charge in [-0.1, -0.05) is 72.8 Å². The zero-order chi connectivity index (χ0) is 19.9. The Labute approximate surface area is 172 Å². The number of piperazine rings is 1. The second-order valence-electron chi connectivity index (χ2n) is 7.53. The average molecular weight is 387 g/mol. The standard InChI is InChI=1S/C26H27FN2/c27-25-14-12-23(13-15-25)21-24-10-4-5-11-26(24)29-19-17-28(18-20-29)16-6-9-22-7-2-1-3-8-22/h1-15H,16-21H2. The number of anilines is 1. The maximum Gasteiger partial charge on any atom is 0.123 e. The molecule has 0 atom stereocenters. The summed E-state index contributed by atoms with van der Waals surface area (Å²) in [4.78, 5) is 4.98. The molecule has 0 aromatic heterocycles. The van der Waals surface area contributed by atoms with Crippen molar-refractivity contribution < 1.29 is 4.39 Å². The van der Waals surface area contributed by atoms with Crippen LogP contribution in [0.4, 0.5) is 10.1 Å². The number of halogens is 1. The van der Waals surface area contributed by atoms with Crippen molar-refractivity contribution in [3.63, 3.8) is 0 Å². The summed E-state index contributed by atoms with van der Waals surface area (Å²) < 4.78 is 13.2. The molecule has 1 aliphatic heterocycles. The molecule has 1 saturated heterocycles. The van der Waals surface area contributed by atoms with Crippen molar-refractivity contribution in [2.45, 2.75) is 6.42 Å². The molecule has 4 rings (SSSR count). The first-order chi connectivity index (χ1) is 14.3. The Morgan fingerprint density at radius 2 is 1.45 bits per heavy atom. The predicted molar refractivity (Wildman–Crippen MR) is 120 cm³/mol. The minimum Gasteiger partial charge on any atom is -0.369 e. The van der Waals surface area contributed by atoms with Gasteiger partial charge in [-0.3, -0.25) is 4.90 Å². The molecular formula is C26H27FN2. The zero-order valence-electron chi connectivity index (χ0n) is 16.7. The summed E-state index contributed by atoms with van der Waals surface area (Å²) in [6, 6.07) is 25.9. The van der Waals surface area contributed by atoms with Crippen LogP contribution in [0, 0.1) is 5.82 Å². The van der Waals surface area contributed by atoms with Crippen LogP contribution in [0.15, 0.2) is 84.9 Å². The summed E-state index contributed by atoms with van der Waals surface area (Å²) in [5.74, 6) is -0.181. The maximum atomic E-state index is 13.2. The van der Waals surface area contributed by atoms with Crippen LogP contribution in [0.1, 0.15) is 16.7 Å². The van der Waals surface area contributed by atoms with Gasteiger partial charge in [-0.05, 0) is 41.3 Å². The Balaban J connectivity index is 1.35. The van der Waals surface area contributed by atoms with Gasteiger partial charge in [-0.2, -0.15) is 0 Å². The fourth-order valence-electron chi connectivity index (χ4n) is 3.86.